The van der Waals surface area contributed by atoms with Crippen molar-refractivity contribution in [1.82, 2.24) is 15.5 Å². The quantitative estimate of drug-likeness (QED) is 0.801. The van der Waals surface area contributed by atoms with E-state index in [2.05, 4.69) is 41.1 Å². The SMILES string of the molecule is CCNC(C)(C)c1nc(N(CC)CC)no1. The highest BCUT2D eigenvalue weighted by molar-refractivity contribution is 5.27. The van der Waals surface area contributed by atoms with Crippen LogP contribution in [0.25, 0.3) is 0 Å². The van der Waals surface area contributed by atoms with E-state index in [9.17, 15) is 0 Å². The summed E-state index contributed by atoms with van der Waals surface area (Å²) in [4.78, 5) is 6.49. The van der Waals surface area contributed by atoms with E-state index in [1.165, 1.54) is 0 Å². The van der Waals surface area contributed by atoms with Gasteiger partial charge in [0.25, 0.3) is 5.95 Å². The Hall–Kier alpha value is -1.10. The smallest absolute Gasteiger partial charge is 0.266 e. The summed E-state index contributed by atoms with van der Waals surface area (Å²) in [7, 11) is 0. The second-order valence-electron chi connectivity index (χ2n) is 4.23. The van der Waals surface area contributed by atoms with Gasteiger partial charge in [-0.3, -0.25) is 0 Å². The molecule has 1 N–H and O–H groups in total. The van der Waals surface area contributed by atoms with Crippen LogP contribution < -0.4 is 10.2 Å². The van der Waals surface area contributed by atoms with Crippen molar-refractivity contribution in [2.24, 2.45) is 0 Å². The molecule has 16 heavy (non-hydrogen) atoms. The Morgan fingerprint density at radius 2 is 1.88 bits per heavy atom. The van der Waals surface area contributed by atoms with Crippen molar-refractivity contribution in [2.75, 3.05) is 24.5 Å². The van der Waals surface area contributed by atoms with Crippen LogP contribution in [-0.2, 0) is 5.54 Å². The van der Waals surface area contributed by atoms with Crippen molar-refractivity contribution in [3.63, 3.8) is 0 Å². The lowest BCUT2D eigenvalue weighted by Gasteiger charge is -2.20. The number of hydrogen-bond donors (Lipinski definition) is 1. The molecule has 0 radical (unpaired) electrons. The fraction of sp³-hybridized carbons (Fsp3) is 0.818. The molecule has 5 heteroatoms. The molecule has 0 aliphatic heterocycles. The molecule has 0 aliphatic rings. The summed E-state index contributed by atoms with van der Waals surface area (Å²) >= 11 is 0. The van der Waals surface area contributed by atoms with Gasteiger partial charge in [0.15, 0.2) is 0 Å². The lowest BCUT2D eigenvalue weighted by Crippen LogP contribution is -2.36. The van der Waals surface area contributed by atoms with Crippen molar-refractivity contribution in [3.8, 4) is 0 Å². The van der Waals surface area contributed by atoms with Crippen LogP contribution in [0.15, 0.2) is 4.52 Å². The van der Waals surface area contributed by atoms with Gasteiger partial charge in [-0.05, 0) is 39.4 Å². The highest BCUT2D eigenvalue weighted by Crippen LogP contribution is 2.20. The molecule has 0 aliphatic carbocycles. The van der Waals surface area contributed by atoms with Gasteiger partial charge in [-0.1, -0.05) is 6.92 Å². The lowest BCUT2D eigenvalue weighted by atomic mass is 10.1. The maximum Gasteiger partial charge on any atom is 0.266 e. The molecule has 0 atom stereocenters. The Bertz CT molecular complexity index is 318. The molecule has 0 fully saturated rings. The molecule has 0 saturated heterocycles. The summed E-state index contributed by atoms with van der Waals surface area (Å²) in [5.74, 6) is 1.31. The van der Waals surface area contributed by atoms with Crippen LogP contribution in [0.4, 0.5) is 5.95 Å². The average Bonchev–Trinajstić information content (AvgIpc) is 2.69. The van der Waals surface area contributed by atoms with Crippen LogP contribution in [-0.4, -0.2) is 29.8 Å². The maximum atomic E-state index is 5.30. The van der Waals surface area contributed by atoms with Gasteiger partial charge in [0.05, 0.1) is 5.54 Å². The zero-order valence-electron chi connectivity index (χ0n) is 10.9. The second-order valence-corrected chi connectivity index (χ2v) is 4.23. The Balaban J connectivity index is 2.85. The Morgan fingerprint density at radius 1 is 1.25 bits per heavy atom. The molecular formula is C11H22N4O. The molecule has 0 aromatic carbocycles. The van der Waals surface area contributed by atoms with Gasteiger partial charge in [0, 0.05) is 13.1 Å². The normalized spacial score (nSPS) is 11.8. The zero-order valence-corrected chi connectivity index (χ0v) is 10.9. The van der Waals surface area contributed by atoms with Crippen LogP contribution in [0.2, 0.25) is 0 Å². The molecule has 1 rings (SSSR count). The van der Waals surface area contributed by atoms with E-state index in [4.69, 9.17) is 4.52 Å². The zero-order chi connectivity index (χ0) is 12.2. The summed E-state index contributed by atoms with van der Waals surface area (Å²) in [6, 6.07) is 0. The molecule has 1 aromatic heterocycles. The van der Waals surface area contributed by atoms with Crippen molar-refractivity contribution in [1.29, 1.82) is 0 Å². The van der Waals surface area contributed by atoms with Gasteiger partial charge in [-0.25, -0.2) is 0 Å². The van der Waals surface area contributed by atoms with E-state index >= 15 is 0 Å². The predicted molar refractivity (Wildman–Crippen MR) is 64.6 cm³/mol. The highest BCUT2D eigenvalue weighted by Gasteiger charge is 2.27. The summed E-state index contributed by atoms with van der Waals surface area (Å²) in [5.41, 5.74) is -0.271. The molecule has 0 amide bonds. The highest BCUT2D eigenvalue weighted by atomic mass is 16.5. The molecule has 0 bridgehead atoms. The molecule has 92 valence electrons. The summed E-state index contributed by atoms with van der Waals surface area (Å²) in [6.07, 6.45) is 0. The fourth-order valence-electron chi connectivity index (χ4n) is 1.62. The molecule has 1 aromatic rings. The van der Waals surface area contributed by atoms with Crippen molar-refractivity contribution >= 4 is 5.95 Å². The van der Waals surface area contributed by atoms with Gasteiger partial charge in [0.2, 0.25) is 5.89 Å². The molecule has 0 saturated carbocycles. The standard InChI is InChI=1S/C11H22N4O/c1-6-12-11(4,5)9-13-10(14-16-9)15(7-2)8-3/h12H,6-8H2,1-5H3. The summed E-state index contributed by atoms with van der Waals surface area (Å²) < 4.78 is 5.30. The third kappa shape index (κ3) is 2.72. The first kappa shape index (κ1) is 13.0. The summed E-state index contributed by atoms with van der Waals surface area (Å²) in [5, 5.41) is 7.32. The van der Waals surface area contributed by atoms with E-state index < -0.39 is 0 Å². The van der Waals surface area contributed by atoms with Crippen LogP contribution in [0.1, 0.15) is 40.5 Å². The number of nitrogens with zero attached hydrogens (tertiary/aromatic N) is 3. The lowest BCUT2D eigenvalue weighted by molar-refractivity contribution is 0.271. The van der Waals surface area contributed by atoms with Crippen LogP contribution >= 0.6 is 0 Å². The van der Waals surface area contributed by atoms with Crippen molar-refractivity contribution < 1.29 is 4.52 Å². The Labute approximate surface area is 97.2 Å². The molecule has 0 unspecified atom stereocenters. The van der Waals surface area contributed by atoms with Gasteiger partial charge < -0.3 is 14.7 Å². The third-order valence-electron chi connectivity index (χ3n) is 2.61. The van der Waals surface area contributed by atoms with Gasteiger partial charge in [0.1, 0.15) is 0 Å². The van der Waals surface area contributed by atoms with Crippen LogP contribution in [0, 0.1) is 0 Å². The van der Waals surface area contributed by atoms with E-state index in [1.807, 2.05) is 13.8 Å². The van der Waals surface area contributed by atoms with Gasteiger partial charge >= 0.3 is 0 Å². The average molecular weight is 226 g/mol. The minimum Gasteiger partial charge on any atom is -0.339 e. The topological polar surface area (TPSA) is 54.2 Å². The fourth-order valence-corrected chi connectivity index (χ4v) is 1.62. The minimum absolute atomic E-state index is 0.271. The van der Waals surface area contributed by atoms with Crippen molar-refractivity contribution in [2.45, 2.75) is 40.2 Å². The first-order valence-corrected chi connectivity index (χ1v) is 5.89. The van der Waals surface area contributed by atoms with Gasteiger partial charge in [-0.2, -0.15) is 4.98 Å². The first-order chi connectivity index (χ1) is 7.55. The molecular weight excluding hydrogens is 204 g/mol. The Kier molecular flexibility index (Phi) is 4.29. The van der Waals surface area contributed by atoms with Crippen molar-refractivity contribution in [3.05, 3.63) is 5.89 Å². The van der Waals surface area contributed by atoms with Crippen LogP contribution in [0.3, 0.4) is 0 Å². The van der Waals surface area contributed by atoms with E-state index in [-0.39, 0.29) is 5.54 Å². The minimum atomic E-state index is -0.271. The third-order valence-corrected chi connectivity index (χ3v) is 2.61. The predicted octanol–water partition coefficient (Wildman–Crippen LogP) is 1.76. The molecule has 0 spiro atoms. The number of aromatic nitrogens is 2. The first-order valence-electron chi connectivity index (χ1n) is 5.89. The monoisotopic (exact) mass is 226 g/mol. The molecule has 1 heterocycles. The summed E-state index contributed by atoms with van der Waals surface area (Å²) in [6.45, 7) is 12.9. The Morgan fingerprint density at radius 3 is 2.38 bits per heavy atom. The van der Waals surface area contributed by atoms with E-state index in [1.54, 1.807) is 0 Å². The molecule has 5 nitrogen and oxygen atoms in total. The van der Waals surface area contributed by atoms with Crippen LogP contribution in [0.5, 0.6) is 0 Å². The number of hydrogen-bond acceptors (Lipinski definition) is 5. The second kappa shape index (κ2) is 5.30. The number of nitrogens with one attached hydrogen (secondary N) is 1. The number of anilines is 1. The number of rotatable bonds is 6. The van der Waals surface area contributed by atoms with Gasteiger partial charge in [-0.15, -0.1) is 0 Å². The maximum absolute atomic E-state index is 5.30. The van der Waals surface area contributed by atoms with E-state index in [0.717, 1.165) is 19.6 Å². The van der Waals surface area contributed by atoms with E-state index in [0.29, 0.717) is 11.8 Å². The largest absolute Gasteiger partial charge is 0.339 e.